The lowest BCUT2D eigenvalue weighted by atomic mass is 9.79. The van der Waals surface area contributed by atoms with Crippen LogP contribution in [-0.4, -0.2) is 22.7 Å². The first-order valence-electron chi connectivity index (χ1n) is 6.38. The van der Waals surface area contributed by atoms with Crippen LogP contribution in [0.5, 0.6) is 0 Å². The number of hydrogen-bond donors (Lipinski definition) is 2. The number of nitrogens with one attached hydrogen (secondary N) is 1. The highest BCUT2D eigenvalue weighted by atomic mass is 79.9. The van der Waals surface area contributed by atoms with E-state index >= 15 is 0 Å². The maximum atomic E-state index is 13.7. The summed E-state index contributed by atoms with van der Waals surface area (Å²) in [4.78, 5) is 11.8. The van der Waals surface area contributed by atoms with Crippen molar-refractivity contribution in [2.45, 2.75) is 44.2 Å². The fourth-order valence-corrected chi connectivity index (χ4v) is 2.50. The molecule has 1 saturated carbocycles. The third kappa shape index (κ3) is 3.34. The highest BCUT2D eigenvalue weighted by molar-refractivity contribution is 9.10. The van der Waals surface area contributed by atoms with Crippen molar-refractivity contribution in [1.29, 1.82) is 0 Å². The number of aliphatic hydroxyl groups is 1. The van der Waals surface area contributed by atoms with Crippen molar-refractivity contribution in [3.63, 3.8) is 0 Å². The van der Waals surface area contributed by atoms with Gasteiger partial charge in [-0.3, -0.25) is 4.79 Å². The van der Waals surface area contributed by atoms with E-state index in [1.807, 2.05) is 0 Å². The van der Waals surface area contributed by atoms with Crippen LogP contribution in [0.2, 0.25) is 0 Å². The second-order valence-electron chi connectivity index (χ2n) is 5.20. The molecule has 0 heterocycles. The zero-order valence-corrected chi connectivity index (χ0v) is 12.3. The second-order valence-corrected chi connectivity index (χ2v) is 6.12. The lowest BCUT2D eigenvalue weighted by molar-refractivity contribution is -0.149. The SMILES string of the molecule is C[C@@H](Cc1ccc(Br)cc1F)NC(=O)C1(O)CCC1. The summed E-state index contributed by atoms with van der Waals surface area (Å²) < 4.78 is 14.4. The van der Waals surface area contributed by atoms with Crippen LogP contribution < -0.4 is 5.32 Å². The maximum absolute atomic E-state index is 13.7. The van der Waals surface area contributed by atoms with Crippen LogP contribution in [-0.2, 0) is 11.2 Å². The molecule has 0 radical (unpaired) electrons. The normalized spacial score (nSPS) is 18.5. The summed E-state index contributed by atoms with van der Waals surface area (Å²) >= 11 is 3.20. The van der Waals surface area contributed by atoms with Crippen LogP contribution >= 0.6 is 15.9 Å². The Kier molecular flexibility index (Phi) is 4.26. The Hall–Kier alpha value is -0.940. The van der Waals surface area contributed by atoms with E-state index in [0.29, 0.717) is 29.3 Å². The molecule has 1 aliphatic carbocycles. The van der Waals surface area contributed by atoms with Crippen LogP contribution in [0.3, 0.4) is 0 Å². The van der Waals surface area contributed by atoms with Gasteiger partial charge in [0.2, 0.25) is 0 Å². The Morgan fingerprint density at radius 2 is 2.26 bits per heavy atom. The second kappa shape index (κ2) is 5.59. The van der Waals surface area contributed by atoms with Crippen LogP contribution in [0.1, 0.15) is 31.7 Å². The van der Waals surface area contributed by atoms with E-state index in [9.17, 15) is 14.3 Å². The molecule has 1 aromatic carbocycles. The van der Waals surface area contributed by atoms with Crippen LogP contribution in [0.4, 0.5) is 4.39 Å². The largest absolute Gasteiger partial charge is 0.380 e. The first kappa shape index (κ1) is 14.5. The number of rotatable bonds is 4. The molecule has 2 rings (SSSR count). The average molecular weight is 330 g/mol. The summed E-state index contributed by atoms with van der Waals surface area (Å²) in [6.07, 6.45) is 2.30. The van der Waals surface area contributed by atoms with Gasteiger partial charge in [0.25, 0.3) is 5.91 Å². The van der Waals surface area contributed by atoms with Gasteiger partial charge in [0.15, 0.2) is 0 Å². The van der Waals surface area contributed by atoms with Gasteiger partial charge in [0.1, 0.15) is 11.4 Å². The Morgan fingerprint density at radius 3 is 2.79 bits per heavy atom. The van der Waals surface area contributed by atoms with Gasteiger partial charge in [0, 0.05) is 10.5 Å². The van der Waals surface area contributed by atoms with E-state index in [2.05, 4.69) is 21.2 Å². The van der Waals surface area contributed by atoms with Crippen LogP contribution in [0, 0.1) is 5.82 Å². The fraction of sp³-hybridized carbons (Fsp3) is 0.500. The quantitative estimate of drug-likeness (QED) is 0.891. The van der Waals surface area contributed by atoms with Gasteiger partial charge in [-0.15, -0.1) is 0 Å². The average Bonchev–Trinajstić information content (AvgIpc) is 2.29. The molecule has 19 heavy (non-hydrogen) atoms. The minimum Gasteiger partial charge on any atom is -0.380 e. The molecule has 2 N–H and O–H groups in total. The van der Waals surface area contributed by atoms with Crippen molar-refractivity contribution < 1.29 is 14.3 Å². The van der Waals surface area contributed by atoms with E-state index in [1.165, 1.54) is 6.07 Å². The van der Waals surface area contributed by atoms with Gasteiger partial charge in [0.05, 0.1) is 0 Å². The first-order valence-corrected chi connectivity index (χ1v) is 7.17. The van der Waals surface area contributed by atoms with Crippen molar-refractivity contribution in [1.82, 2.24) is 5.32 Å². The third-order valence-electron chi connectivity index (χ3n) is 3.52. The minimum absolute atomic E-state index is 0.215. The molecule has 0 unspecified atom stereocenters. The lowest BCUT2D eigenvalue weighted by Gasteiger charge is -2.35. The zero-order valence-electron chi connectivity index (χ0n) is 10.7. The molecule has 0 aromatic heterocycles. The molecule has 0 saturated heterocycles. The highest BCUT2D eigenvalue weighted by Crippen LogP contribution is 2.31. The zero-order chi connectivity index (χ0) is 14.0. The Morgan fingerprint density at radius 1 is 1.58 bits per heavy atom. The predicted molar refractivity (Wildman–Crippen MR) is 74.2 cm³/mol. The molecule has 1 atom stereocenters. The van der Waals surface area contributed by atoms with E-state index < -0.39 is 5.60 Å². The first-order chi connectivity index (χ1) is 8.90. The molecular formula is C14H17BrFNO2. The Balaban J connectivity index is 1.93. The molecular weight excluding hydrogens is 313 g/mol. The monoisotopic (exact) mass is 329 g/mol. The van der Waals surface area contributed by atoms with E-state index in [1.54, 1.807) is 19.1 Å². The van der Waals surface area contributed by atoms with E-state index in [0.717, 1.165) is 6.42 Å². The van der Waals surface area contributed by atoms with Crippen molar-refractivity contribution in [3.05, 3.63) is 34.1 Å². The number of carbonyl (C=O) groups excluding carboxylic acids is 1. The Bertz CT molecular complexity index is 488. The number of benzene rings is 1. The molecule has 1 aromatic rings. The number of amides is 1. The minimum atomic E-state index is -1.20. The standard InChI is InChI=1S/C14H17BrFNO2/c1-9(17-13(18)14(19)5-2-6-14)7-10-3-4-11(15)8-12(10)16/h3-4,8-9,19H,2,5-7H2,1H3,(H,17,18)/t9-/m0/s1. The summed E-state index contributed by atoms with van der Waals surface area (Å²) in [7, 11) is 0. The molecule has 1 fully saturated rings. The highest BCUT2D eigenvalue weighted by Gasteiger charge is 2.42. The van der Waals surface area contributed by atoms with Gasteiger partial charge in [-0.1, -0.05) is 22.0 Å². The van der Waals surface area contributed by atoms with Gasteiger partial charge in [-0.2, -0.15) is 0 Å². The predicted octanol–water partition coefficient (Wildman–Crippen LogP) is 2.55. The number of hydrogen-bond acceptors (Lipinski definition) is 2. The molecule has 104 valence electrons. The summed E-state index contributed by atoms with van der Waals surface area (Å²) in [5, 5.41) is 12.6. The van der Waals surface area contributed by atoms with Gasteiger partial charge in [-0.25, -0.2) is 4.39 Å². The van der Waals surface area contributed by atoms with E-state index in [4.69, 9.17) is 0 Å². The molecule has 3 nitrogen and oxygen atoms in total. The Labute approximate surface area is 120 Å². The molecule has 1 amide bonds. The van der Waals surface area contributed by atoms with E-state index in [-0.39, 0.29) is 17.8 Å². The van der Waals surface area contributed by atoms with Crippen molar-refractivity contribution in [2.75, 3.05) is 0 Å². The molecule has 1 aliphatic rings. The topological polar surface area (TPSA) is 49.3 Å². The number of halogens is 2. The van der Waals surface area contributed by atoms with Crippen molar-refractivity contribution in [3.8, 4) is 0 Å². The van der Waals surface area contributed by atoms with Crippen LogP contribution in [0.25, 0.3) is 0 Å². The van der Waals surface area contributed by atoms with Crippen LogP contribution in [0.15, 0.2) is 22.7 Å². The summed E-state index contributed by atoms with van der Waals surface area (Å²) in [5.74, 6) is -0.637. The number of carbonyl (C=O) groups is 1. The fourth-order valence-electron chi connectivity index (χ4n) is 2.16. The molecule has 5 heteroatoms. The van der Waals surface area contributed by atoms with Crippen molar-refractivity contribution >= 4 is 21.8 Å². The van der Waals surface area contributed by atoms with Gasteiger partial charge in [-0.05, 0) is 50.3 Å². The maximum Gasteiger partial charge on any atom is 0.252 e. The smallest absolute Gasteiger partial charge is 0.252 e. The van der Waals surface area contributed by atoms with Gasteiger partial charge < -0.3 is 10.4 Å². The summed E-state index contributed by atoms with van der Waals surface area (Å²) in [6.45, 7) is 1.81. The lowest BCUT2D eigenvalue weighted by Crippen LogP contribution is -2.54. The van der Waals surface area contributed by atoms with Gasteiger partial charge >= 0.3 is 0 Å². The van der Waals surface area contributed by atoms with Crippen molar-refractivity contribution in [2.24, 2.45) is 0 Å². The molecule has 0 spiro atoms. The molecule has 0 bridgehead atoms. The summed E-state index contributed by atoms with van der Waals surface area (Å²) in [5.41, 5.74) is -0.649. The molecule has 0 aliphatic heterocycles. The summed E-state index contributed by atoms with van der Waals surface area (Å²) in [6, 6.07) is 4.66. The third-order valence-corrected chi connectivity index (χ3v) is 4.02.